The molecule has 2 aromatic carbocycles. The number of nitrogens with two attached hydrogens (primary N) is 1. The van der Waals surface area contributed by atoms with Gasteiger partial charge in [-0.05, 0) is 23.1 Å². The topological polar surface area (TPSA) is 64.4 Å². The number of carbonyl (C=O) groups excluding carboxylic acids is 1. The van der Waals surface area contributed by atoms with Crippen LogP contribution in [0.15, 0.2) is 54.6 Å². The fraction of sp³-hybridized carbons (Fsp3) is 0.278. The number of hydrogen-bond acceptors (Lipinski definition) is 3. The van der Waals surface area contributed by atoms with E-state index in [0.717, 1.165) is 16.7 Å². The lowest BCUT2D eigenvalue weighted by molar-refractivity contribution is -0.123. The monoisotopic (exact) mass is 296 g/mol. The van der Waals surface area contributed by atoms with Gasteiger partial charge in [0.1, 0.15) is 0 Å². The van der Waals surface area contributed by atoms with Crippen LogP contribution in [0.2, 0.25) is 0 Å². The third-order valence-electron chi connectivity index (χ3n) is 3.92. The summed E-state index contributed by atoms with van der Waals surface area (Å²) in [5.74, 6) is -0.144. The predicted molar refractivity (Wildman–Crippen MR) is 85.1 cm³/mol. The summed E-state index contributed by atoms with van der Waals surface area (Å²) < 4.78 is 5.55. The minimum atomic E-state index is -0.559. The Balaban J connectivity index is 1.65. The molecule has 4 nitrogen and oxygen atoms in total. The second kappa shape index (κ2) is 6.73. The minimum absolute atomic E-state index is 0.126. The van der Waals surface area contributed by atoms with Gasteiger partial charge in [0.25, 0.3) is 0 Å². The molecule has 1 aliphatic heterocycles. The highest BCUT2D eigenvalue weighted by Gasteiger charge is 2.24. The number of benzene rings is 2. The molecule has 2 aromatic rings. The molecule has 3 N–H and O–H groups in total. The molecule has 3 rings (SSSR count). The van der Waals surface area contributed by atoms with Gasteiger partial charge in [-0.2, -0.15) is 0 Å². The summed E-state index contributed by atoms with van der Waals surface area (Å²) in [5.41, 5.74) is 9.33. The number of fused-ring (bicyclic) bond motifs is 1. The standard InChI is InChI=1S/C18H20N2O2/c19-16(10-13-6-2-1-3-7-13)18(21)20-17-12-22-11-14-8-4-5-9-15(14)17/h1-9,16-17H,10-12,19H2,(H,20,21)/t16-,17-/m1/s1. The molecule has 1 heterocycles. The van der Waals surface area contributed by atoms with Crippen molar-refractivity contribution in [2.24, 2.45) is 5.73 Å². The largest absolute Gasteiger partial charge is 0.374 e. The third kappa shape index (κ3) is 3.35. The van der Waals surface area contributed by atoms with Crippen molar-refractivity contribution in [2.45, 2.75) is 25.1 Å². The number of hydrogen-bond donors (Lipinski definition) is 2. The molecule has 114 valence electrons. The molecule has 0 bridgehead atoms. The van der Waals surface area contributed by atoms with Crippen molar-refractivity contribution < 1.29 is 9.53 Å². The Morgan fingerprint density at radius 1 is 1.18 bits per heavy atom. The molecule has 2 atom stereocenters. The molecule has 4 heteroatoms. The van der Waals surface area contributed by atoms with Gasteiger partial charge in [0.05, 0.1) is 25.3 Å². The van der Waals surface area contributed by atoms with Gasteiger partial charge >= 0.3 is 0 Å². The maximum absolute atomic E-state index is 12.3. The van der Waals surface area contributed by atoms with Gasteiger partial charge in [-0.15, -0.1) is 0 Å². The highest BCUT2D eigenvalue weighted by Crippen LogP contribution is 2.24. The quantitative estimate of drug-likeness (QED) is 0.906. The van der Waals surface area contributed by atoms with Crippen molar-refractivity contribution in [1.82, 2.24) is 5.32 Å². The van der Waals surface area contributed by atoms with Crippen molar-refractivity contribution in [3.8, 4) is 0 Å². The molecule has 0 spiro atoms. The van der Waals surface area contributed by atoms with Crippen molar-refractivity contribution >= 4 is 5.91 Å². The summed E-state index contributed by atoms with van der Waals surface area (Å²) in [5, 5.41) is 3.01. The summed E-state index contributed by atoms with van der Waals surface area (Å²) in [6.07, 6.45) is 0.530. The summed E-state index contributed by atoms with van der Waals surface area (Å²) in [7, 11) is 0. The Morgan fingerprint density at radius 2 is 1.91 bits per heavy atom. The Bertz CT molecular complexity index is 643. The maximum atomic E-state index is 12.3. The molecular formula is C18H20N2O2. The van der Waals surface area contributed by atoms with E-state index in [1.54, 1.807) is 0 Å². The van der Waals surface area contributed by atoms with Gasteiger partial charge in [-0.3, -0.25) is 4.79 Å². The Morgan fingerprint density at radius 3 is 2.73 bits per heavy atom. The Labute approximate surface area is 130 Å². The van der Waals surface area contributed by atoms with E-state index in [0.29, 0.717) is 19.6 Å². The number of carbonyl (C=O) groups is 1. The summed E-state index contributed by atoms with van der Waals surface area (Å²) in [6.45, 7) is 1.08. The number of amides is 1. The van der Waals surface area contributed by atoms with E-state index in [1.165, 1.54) is 0 Å². The van der Waals surface area contributed by atoms with Crippen molar-refractivity contribution in [1.29, 1.82) is 0 Å². The fourth-order valence-electron chi connectivity index (χ4n) is 2.74. The van der Waals surface area contributed by atoms with E-state index in [1.807, 2.05) is 54.6 Å². The van der Waals surface area contributed by atoms with Crippen LogP contribution in [0.5, 0.6) is 0 Å². The smallest absolute Gasteiger partial charge is 0.237 e. The summed E-state index contributed by atoms with van der Waals surface area (Å²) in [4.78, 5) is 12.3. The molecule has 1 aliphatic rings. The minimum Gasteiger partial charge on any atom is -0.374 e. The van der Waals surface area contributed by atoms with Crippen LogP contribution in [-0.2, 0) is 22.6 Å². The predicted octanol–water partition coefficient (Wildman–Crippen LogP) is 1.94. The highest BCUT2D eigenvalue weighted by atomic mass is 16.5. The SMILES string of the molecule is N[C@H](Cc1ccccc1)C(=O)N[C@@H]1COCc2ccccc21. The molecule has 1 amide bonds. The van der Waals surface area contributed by atoms with E-state index in [9.17, 15) is 4.79 Å². The second-order valence-corrected chi connectivity index (χ2v) is 5.57. The zero-order chi connectivity index (χ0) is 15.4. The van der Waals surface area contributed by atoms with Crippen LogP contribution in [-0.4, -0.2) is 18.6 Å². The normalized spacial score (nSPS) is 18.3. The van der Waals surface area contributed by atoms with E-state index >= 15 is 0 Å². The van der Waals surface area contributed by atoms with Gasteiger partial charge in [-0.1, -0.05) is 54.6 Å². The van der Waals surface area contributed by atoms with Crippen LogP contribution in [0.3, 0.4) is 0 Å². The number of rotatable bonds is 4. The van der Waals surface area contributed by atoms with Crippen LogP contribution < -0.4 is 11.1 Å². The lowest BCUT2D eigenvalue weighted by Crippen LogP contribution is -2.45. The third-order valence-corrected chi connectivity index (χ3v) is 3.92. The average Bonchev–Trinajstić information content (AvgIpc) is 2.56. The van der Waals surface area contributed by atoms with Gasteiger partial charge in [0, 0.05) is 0 Å². The molecule has 0 fully saturated rings. The van der Waals surface area contributed by atoms with Crippen molar-refractivity contribution in [3.63, 3.8) is 0 Å². The molecule has 0 aromatic heterocycles. The average molecular weight is 296 g/mol. The van der Waals surface area contributed by atoms with Gasteiger partial charge in [-0.25, -0.2) is 0 Å². The van der Waals surface area contributed by atoms with Crippen molar-refractivity contribution in [2.75, 3.05) is 6.61 Å². The van der Waals surface area contributed by atoms with E-state index in [-0.39, 0.29) is 11.9 Å². The molecule has 0 aliphatic carbocycles. The number of nitrogens with one attached hydrogen (secondary N) is 1. The molecule has 0 unspecified atom stereocenters. The fourth-order valence-corrected chi connectivity index (χ4v) is 2.74. The maximum Gasteiger partial charge on any atom is 0.237 e. The van der Waals surface area contributed by atoms with E-state index in [2.05, 4.69) is 5.32 Å². The Kier molecular flexibility index (Phi) is 4.51. The lowest BCUT2D eigenvalue weighted by atomic mass is 9.98. The van der Waals surface area contributed by atoms with Gasteiger partial charge < -0.3 is 15.8 Å². The van der Waals surface area contributed by atoms with Crippen molar-refractivity contribution in [3.05, 3.63) is 71.3 Å². The molecule has 22 heavy (non-hydrogen) atoms. The molecule has 0 radical (unpaired) electrons. The molecular weight excluding hydrogens is 276 g/mol. The molecule has 0 saturated heterocycles. The zero-order valence-corrected chi connectivity index (χ0v) is 12.4. The first-order chi connectivity index (χ1) is 10.7. The second-order valence-electron chi connectivity index (χ2n) is 5.57. The van der Waals surface area contributed by atoms with Crippen LogP contribution in [0.4, 0.5) is 0 Å². The van der Waals surface area contributed by atoms with Gasteiger partial charge in [0.2, 0.25) is 5.91 Å². The summed E-state index contributed by atoms with van der Waals surface area (Å²) >= 11 is 0. The number of ether oxygens (including phenoxy) is 1. The Hall–Kier alpha value is -2.17. The van der Waals surface area contributed by atoms with Crippen LogP contribution in [0.25, 0.3) is 0 Å². The van der Waals surface area contributed by atoms with Gasteiger partial charge in [0.15, 0.2) is 0 Å². The zero-order valence-electron chi connectivity index (χ0n) is 12.4. The molecule has 0 saturated carbocycles. The van der Waals surface area contributed by atoms with E-state index < -0.39 is 6.04 Å². The lowest BCUT2D eigenvalue weighted by Gasteiger charge is -2.27. The van der Waals surface area contributed by atoms with Crippen LogP contribution in [0.1, 0.15) is 22.7 Å². The van der Waals surface area contributed by atoms with Crippen LogP contribution >= 0.6 is 0 Å². The first-order valence-corrected chi connectivity index (χ1v) is 7.49. The highest BCUT2D eigenvalue weighted by molar-refractivity contribution is 5.82. The first kappa shape index (κ1) is 14.8. The van der Waals surface area contributed by atoms with Crippen LogP contribution in [0, 0.1) is 0 Å². The van der Waals surface area contributed by atoms with E-state index in [4.69, 9.17) is 10.5 Å². The summed E-state index contributed by atoms with van der Waals surface area (Å²) in [6, 6.07) is 17.1. The first-order valence-electron chi connectivity index (χ1n) is 7.49.